The van der Waals surface area contributed by atoms with Crippen molar-refractivity contribution in [1.29, 1.82) is 0 Å². The summed E-state index contributed by atoms with van der Waals surface area (Å²) in [6.07, 6.45) is 0. The molecule has 0 aliphatic heterocycles. The van der Waals surface area contributed by atoms with E-state index in [2.05, 4.69) is 5.16 Å². The minimum absolute atomic E-state index is 0.0152. The number of nitro groups is 2. The first kappa shape index (κ1) is 11.9. The zero-order valence-electron chi connectivity index (χ0n) is 7.53. The van der Waals surface area contributed by atoms with E-state index in [1.54, 1.807) is 0 Å². The Bertz CT molecular complexity index is 487. The Morgan fingerprint density at radius 1 is 1.25 bits per heavy atom. The predicted octanol–water partition coefficient (Wildman–Crippen LogP) is 1.88. The van der Waals surface area contributed by atoms with Crippen molar-refractivity contribution in [1.82, 2.24) is 0 Å². The summed E-state index contributed by atoms with van der Waals surface area (Å²) in [6.45, 7) is 0. The van der Waals surface area contributed by atoms with Gasteiger partial charge in [0.15, 0.2) is 5.17 Å². The minimum atomic E-state index is -0.914. The average Bonchev–Trinajstić information content (AvgIpc) is 2.26. The molecule has 0 atom stereocenters. The maximum absolute atomic E-state index is 10.5. The van der Waals surface area contributed by atoms with Crippen molar-refractivity contribution in [2.24, 2.45) is 5.16 Å². The molecule has 0 saturated heterocycles. The van der Waals surface area contributed by atoms with Gasteiger partial charge >= 0.3 is 11.4 Å². The molecule has 8 nitrogen and oxygen atoms in total. The highest BCUT2D eigenvalue weighted by atomic mass is 35.5. The van der Waals surface area contributed by atoms with E-state index in [1.165, 1.54) is 0 Å². The first-order valence-electron chi connectivity index (χ1n) is 3.78. The van der Waals surface area contributed by atoms with Crippen LogP contribution in [0.5, 0.6) is 0 Å². The lowest BCUT2D eigenvalue weighted by Crippen LogP contribution is -1.99. The Hall–Kier alpha value is -2.22. The van der Waals surface area contributed by atoms with Gasteiger partial charge in [0.25, 0.3) is 0 Å². The third-order valence-corrected chi connectivity index (χ3v) is 1.99. The number of hydrogen-bond donors (Lipinski definition) is 1. The summed E-state index contributed by atoms with van der Waals surface area (Å²) in [5.41, 5.74) is -1.36. The van der Waals surface area contributed by atoms with Crippen LogP contribution in [0.1, 0.15) is 5.56 Å². The van der Waals surface area contributed by atoms with E-state index >= 15 is 0 Å². The largest absolute Gasteiger partial charge is 0.410 e. The maximum atomic E-state index is 10.5. The van der Waals surface area contributed by atoms with Crippen LogP contribution in [-0.2, 0) is 0 Å². The zero-order chi connectivity index (χ0) is 12.3. The summed E-state index contributed by atoms with van der Waals surface area (Å²) in [4.78, 5) is 19.2. The van der Waals surface area contributed by atoms with Gasteiger partial charge in [-0.15, -0.1) is 0 Å². The monoisotopic (exact) mass is 245 g/mol. The highest BCUT2D eigenvalue weighted by molar-refractivity contribution is 6.69. The van der Waals surface area contributed by atoms with Crippen LogP contribution in [0.2, 0.25) is 0 Å². The normalized spacial score (nSPS) is 11.2. The molecule has 0 unspecified atom stereocenters. The first-order chi connectivity index (χ1) is 7.47. The number of hydrogen-bond acceptors (Lipinski definition) is 6. The Balaban J connectivity index is 3.40. The molecule has 1 N–H and O–H groups in total. The number of benzene rings is 1. The molecule has 0 aliphatic carbocycles. The standard InChI is InChI=1S/C7H4ClN3O5/c8-7(9-12)4-1-2-5(10(13)14)6(3-4)11(15)16/h1-3,12H. The summed E-state index contributed by atoms with van der Waals surface area (Å²) in [7, 11) is 0. The van der Waals surface area contributed by atoms with Gasteiger partial charge < -0.3 is 5.21 Å². The van der Waals surface area contributed by atoms with E-state index in [4.69, 9.17) is 16.8 Å². The molecule has 0 aliphatic rings. The van der Waals surface area contributed by atoms with Gasteiger partial charge in [-0.05, 0) is 6.07 Å². The minimum Gasteiger partial charge on any atom is -0.410 e. The number of oxime groups is 1. The van der Waals surface area contributed by atoms with Crippen LogP contribution in [0, 0.1) is 20.2 Å². The molecule has 0 fully saturated rings. The number of rotatable bonds is 3. The third-order valence-electron chi connectivity index (χ3n) is 1.69. The SMILES string of the molecule is O=[N+]([O-])c1ccc(C(Cl)=NO)cc1[N+](=O)[O-]. The van der Waals surface area contributed by atoms with Crippen molar-refractivity contribution in [3.8, 4) is 0 Å². The van der Waals surface area contributed by atoms with Gasteiger partial charge in [-0.3, -0.25) is 20.2 Å². The Labute approximate surface area is 93.0 Å². The van der Waals surface area contributed by atoms with Crippen molar-refractivity contribution in [2.75, 3.05) is 0 Å². The van der Waals surface area contributed by atoms with Crippen LogP contribution in [0.4, 0.5) is 11.4 Å². The molecule has 0 aromatic heterocycles. The fraction of sp³-hybridized carbons (Fsp3) is 0. The van der Waals surface area contributed by atoms with Gasteiger partial charge in [0.1, 0.15) is 0 Å². The van der Waals surface area contributed by atoms with E-state index in [-0.39, 0.29) is 5.56 Å². The lowest BCUT2D eigenvalue weighted by atomic mass is 10.2. The maximum Gasteiger partial charge on any atom is 0.346 e. The van der Waals surface area contributed by atoms with Crippen LogP contribution in [0.3, 0.4) is 0 Å². The van der Waals surface area contributed by atoms with Crippen molar-refractivity contribution in [3.05, 3.63) is 44.0 Å². The molecule has 16 heavy (non-hydrogen) atoms. The van der Waals surface area contributed by atoms with Crippen molar-refractivity contribution in [3.63, 3.8) is 0 Å². The second-order valence-corrected chi connectivity index (χ2v) is 2.97. The van der Waals surface area contributed by atoms with Crippen molar-refractivity contribution < 1.29 is 15.1 Å². The molecule has 1 aromatic rings. The smallest absolute Gasteiger partial charge is 0.346 e. The van der Waals surface area contributed by atoms with Crippen LogP contribution >= 0.6 is 11.6 Å². The van der Waals surface area contributed by atoms with E-state index in [9.17, 15) is 20.2 Å². The van der Waals surface area contributed by atoms with Crippen LogP contribution in [-0.4, -0.2) is 20.2 Å². The summed E-state index contributed by atoms with van der Waals surface area (Å²) in [6, 6.07) is 2.92. The molecule has 0 heterocycles. The number of nitrogens with zero attached hydrogens (tertiary/aromatic N) is 3. The molecule has 0 radical (unpaired) electrons. The van der Waals surface area contributed by atoms with Gasteiger partial charge in [0.05, 0.1) is 9.85 Å². The second-order valence-electron chi connectivity index (χ2n) is 2.61. The zero-order valence-corrected chi connectivity index (χ0v) is 8.29. The molecule has 0 spiro atoms. The third kappa shape index (κ3) is 2.23. The molecule has 84 valence electrons. The van der Waals surface area contributed by atoms with Gasteiger partial charge in [0.2, 0.25) is 0 Å². The summed E-state index contributed by atoms with van der Waals surface area (Å²) in [5.74, 6) is 0. The summed E-state index contributed by atoms with van der Waals surface area (Å²) >= 11 is 5.41. The molecule has 1 rings (SSSR count). The van der Waals surface area contributed by atoms with E-state index in [0.29, 0.717) is 0 Å². The molecular formula is C7H4ClN3O5. The first-order valence-corrected chi connectivity index (χ1v) is 4.16. The Morgan fingerprint density at radius 2 is 1.81 bits per heavy atom. The fourth-order valence-corrected chi connectivity index (χ4v) is 1.13. The summed E-state index contributed by atoms with van der Waals surface area (Å²) < 4.78 is 0. The molecule has 9 heteroatoms. The summed E-state index contributed by atoms with van der Waals surface area (Å²) in [5, 5.41) is 31.6. The van der Waals surface area contributed by atoms with E-state index < -0.39 is 26.4 Å². The van der Waals surface area contributed by atoms with Crippen molar-refractivity contribution >= 4 is 28.1 Å². The number of nitro benzene ring substituents is 2. The molecule has 0 saturated carbocycles. The Kier molecular flexibility index (Phi) is 3.36. The lowest BCUT2D eigenvalue weighted by molar-refractivity contribution is -0.422. The van der Waals surface area contributed by atoms with Gasteiger partial charge in [0, 0.05) is 17.7 Å². The van der Waals surface area contributed by atoms with Crippen LogP contribution < -0.4 is 0 Å². The van der Waals surface area contributed by atoms with Crippen LogP contribution in [0.25, 0.3) is 0 Å². The van der Waals surface area contributed by atoms with E-state index in [1.807, 2.05) is 0 Å². The van der Waals surface area contributed by atoms with E-state index in [0.717, 1.165) is 18.2 Å². The van der Waals surface area contributed by atoms with Gasteiger partial charge in [-0.2, -0.15) is 0 Å². The fourth-order valence-electron chi connectivity index (χ4n) is 1.01. The topological polar surface area (TPSA) is 119 Å². The highest BCUT2D eigenvalue weighted by Gasteiger charge is 2.24. The van der Waals surface area contributed by atoms with Crippen LogP contribution in [0.15, 0.2) is 23.4 Å². The average molecular weight is 246 g/mol. The second kappa shape index (κ2) is 4.53. The number of halogens is 1. The molecule has 0 amide bonds. The molecule has 0 bridgehead atoms. The van der Waals surface area contributed by atoms with Gasteiger partial charge in [-0.1, -0.05) is 16.8 Å². The molecular weight excluding hydrogens is 242 g/mol. The highest BCUT2D eigenvalue weighted by Crippen LogP contribution is 2.28. The quantitative estimate of drug-likeness (QED) is 0.377. The predicted molar refractivity (Wildman–Crippen MR) is 53.9 cm³/mol. The van der Waals surface area contributed by atoms with Gasteiger partial charge in [-0.25, -0.2) is 0 Å². The molecule has 1 aromatic carbocycles. The Morgan fingerprint density at radius 3 is 2.25 bits per heavy atom. The lowest BCUT2D eigenvalue weighted by Gasteiger charge is -1.98. The van der Waals surface area contributed by atoms with Crippen molar-refractivity contribution in [2.45, 2.75) is 0 Å².